The van der Waals surface area contributed by atoms with Gasteiger partial charge in [-0.3, -0.25) is 0 Å². The van der Waals surface area contributed by atoms with E-state index in [-0.39, 0.29) is 0 Å². The molecule has 4 atom stereocenters. The van der Waals surface area contributed by atoms with Gasteiger partial charge in [-0.15, -0.1) is 7.92 Å². The number of hydrogen-bond donors (Lipinski definition) is 1. The fourth-order valence-corrected chi connectivity index (χ4v) is 5.90. The third kappa shape index (κ3) is 2.47. The average Bonchev–Trinajstić information content (AvgIpc) is 2.94. The fourth-order valence-electron chi connectivity index (χ4n) is 2.72. The zero-order chi connectivity index (χ0) is 10.1. The highest BCUT2D eigenvalue weighted by molar-refractivity contribution is 7.81. The zero-order valence-corrected chi connectivity index (χ0v) is 11.2. The van der Waals surface area contributed by atoms with Crippen molar-refractivity contribution in [3.05, 3.63) is 0 Å². The quantitative estimate of drug-likeness (QED) is 0.550. The van der Waals surface area contributed by atoms with Gasteiger partial charge in [0.15, 0.2) is 0 Å². The molecule has 14 heavy (non-hydrogen) atoms. The summed E-state index contributed by atoms with van der Waals surface area (Å²) in [5.74, 6) is 2.87. The van der Waals surface area contributed by atoms with E-state index in [1.807, 2.05) is 0 Å². The SMILES string of the molecule is CCP1CCC(C(C)C(S)C2CC2)C1. The second kappa shape index (κ2) is 4.74. The number of thiol groups is 1. The molecule has 1 saturated heterocycles. The first kappa shape index (κ1) is 11.3. The van der Waals surface area contributed by atoms with E-state index >= 15 is 0 Å². The monoisotopic (exact) mass is 230 g/mol. The van der Waals surface area contributed by atoms with Gasteiger partial charge in [0.25, 0.3) is 0 Å². The second-order valence-electron chi connectivity index (χ2n) is 5.13. The molecule has 82 valence electrons. The molecule has 4 unspecified atom stereocenters. The Morgan fingerprint density at radius 3 is 2.50 bits per heavy atom. The molecule has 2 fully saturated rings. The minimum absolute atomic E-state index is 0.428. The summed E-state index contributed by atoms with van der Waals surface area (Å²) in [4.78, 5) is 0. The van der Waals surface area contributed by atoms with Crippen LogP contribution in [-0.2, 0) is 0 Å². The van der Waals surface area contributed by atoms with Gasteiger partial charge in [0.1, 0.15) is 0 Å². The lowest BCUT2D eigenvalue weighted by atomic mass is 9.88. The van der Waals surface area contributed by atoms with E-state index in [1.165, 1.54) is 25.4 Å². The highest BCUT2D eigenvalue weighted by Crippen LogP contribution is 2.51. The predicted molar refractivity (Wildman–Crippen MR) is 70.0 cm³/mol. The lowest BCUT2D eigenvalue weighted by Gasteiger charge is -2.25. The molecule has 1 aliphatic carbocycles. The smallest absolute Gasteiger partial charge is 0.00734 e. The van der Waals surface area contributed by atoms with E-state index in [4.69, 9.17) is 12.6 Å². The van der Waals surface area contributed by atoms with Crippen LogP contribution in [0.5, 0.6) is 0 Å². The molecule has 0 aromatic heterocycles. The van der Waals surface area contributed by atoms with E-state index in [9.17, 15) is 0 Å². The minimum Gasteiger partial charge on any atom is -0.175 e. The van der Waals surface area contributed by atoms with Gasteiger partial charge in [-0.25, -0.2) is 0 Å². The molecule has 0 spiro atoms. The molecule has 1 saturated carbocycles. The van der Waals surface area contributed by atoms with Crippen molar-refractivity contribution in [3.63, 3.8) is 0 Å². The Kier molecular flexibility index (Phi) is 3.82. The van der Waals surface area contributed by atoms with Crippen molar-refractivity contribution >= 4 is 20.6 Å². The maximum absolute atomic E-state index is 4.82. The van der Waals surface area contributed by atoms with Crippen molar-refractivity contribution < 1.29 is 0 Å². The summed E-state index contributed by atoms with van der Waals surface area (Å²) < 4.78 is 0. The van der Waals surface area contributed by atoms with E-state index in [1.54, 1.807) is 12.3 Å². The van der Waals surface area contributed by atoms with Gasteiger partial charge in [-0.1, -0.05) is 13.8 Å². The molecule has 0 aromatic carbocycles. The number of rotatable bonds is 4. The molecular weight excluding hydrogens is 207 g/mol. The van der Waals surface area contributed by atoms with Crippen LogP contribution >= 0.6 is 20.6 Å². The molecule has 2 rings (SSSR count). The highest BCUT2D eigenvalue weighted by atomic mass is 32.1. The first-order chi connectivity index (χ1) is 6.72. The van der Waals surface area contributed by atoms with Crippen molar-refractivity contribution in [1.82, 2.24) is 0 Å². The Balaban J connectivity index is 1.82. The first-order valence-electron chi connectivity index (χ1n) is 6.12. The molecule has 1 heterocycles. The first-order valence-corrected chi connectivity index (χ1v) is 8.54. The lowest BCUT2D eigenvalue weighted by Crippen LogP contribution is -2.23. The molecule has 2 heteroatoms. The standard InChI is InChI=1S/C12H23PS/c1-3-13-7-6-11(8-13)9(2)12(14)10-4-5-10/h9-12,14H,3-8H2,1-2H3. The Bertz CT molecular complexity index is 191. The van der Waals surface area contributed by atoms with Crippen LogP contribution in [0.2, 0.25) is 0 Å². The van der Waals surface area contributed by atoms with Gasteiger partial charge in [-0.2, -0.15) is 12.6 Å². The zero-order valence-electron chi connectivity index (χ0n) is 9.45. The molecule has 2 aliphatic rings. The molecule has 0 nitrogen and oxygen atoms in total. The van der Waals surface area contributed by atoms with E-state index in [0.29, 0.717) is 13.2 Å². The number of hydrogen-bond acceptors (Lipinski definition) is 1. The average molecular weight is 230 g/mol. The van der Waals surface area contributed by atoms with Crippen molar-refractivity contribution in [2.75, 3.05) is 18.5 Å². The molecule has 1 aliphatic heterocycles. The summed E-state index contributed by atoms with van der Waals surface area (Å²) in [7, 11) is 0.428. The van der Waals surface area contributed by atoms with E-state index in [2.05, 4.69) is 13.8 Å². The maximum atomic E-state index is 4.82. The van der Waals surface area contributed by atoms with Gasteiger partial charge >= 0.3 is 0 Å². The van der Waals surface area contributed by atoms with Crippen LogP contribution in [0.25, 0.3) is 0 Å². The van der Waals surface area contributed by atoms with Gasteiger partial charge < -0.3 is 0 Å². The van der Waals surface area contributed by atoms with Gasteiger partial charge in [0.2, 0.25) is 0 Å². The third-order valence-corrected chi connectivity index (χ3v) is 7.81. The van der Waals surface area contributed by atoms with Crippen LogP contribution in [0.15, 0.2) is 0 Å². The summed E-state index contributed by atoms with van der Waals surface area (Å²) in [6.07, 6.45) is 8.97. The molecular formula is C12H23PS. The summed E-state index contributed by atoms with van der Waals surface area (Å²) in [5.41, 5.74) is 0. The normalized spacial score (nSPS) is 37.1. The predicted octanol–water partition coefficient (Wildman–Crippen LogP) is 3.85. The lowest BCUT2D eigenvalue weighted by molar-refractivity contribution is 0.367. The van der Waals surface area contributed by atoms with Crippen molar-refractivity contribution in [1.29, 1.82) is 0 Å². The fraction of sp³-hybridized carbons (Fsp3) is 1.00. The summed E-state index contributed by atoms with van der Waals surface area (Å²) in [6.45, 7) is 4.83. The summed E-state index contributed by atoms with van der Waals surface area (Å²) in [5, 5.41) is 0.715. The Morgan fingerprint density at radius 1 is 1.29 bits per heavy atom. The van der Waals surface area contributed by atoms with Crippen LogP contribution in [0.1, 0.15) is 33.1 Å². The highest BCUT2D eigenvalue weighted by Gasteiger charge is 2.37. The molecule has 0 aromatic rings. The molecule has 0 radical (unpaired) electrons. The summed E-state index contributed by atoms with van der Waals surface area (Å²) >= 11 is 4.82. The van der Waals surface area contributed by atoms with Crippen LogP contribution < -0.4 is 0 Å². The van der Waals surface area contributed by atoms with Crippen molar-refractivity contribution in [3.8, 4) is 0 Å². The maximum Gasteiger partial charge on any atom is 0.00734 e. The van der Waals surface area contributed by atoms with Crippen LogP contribution in [0.4, 0.5) is 0 Å². The minimum atomic E-state index is 0.428. The molecule has 0 amide bonds. The third-order valence-electron chi connectivity index (χ3n) is 4.14. The van der Waals surface area contributed by atoms with Crippen LogP contribution in [-0.4, -0.2) is 23.7 Å². The van der Waals surface area contributed by atoms with Crippen molar-refractivity contribution in [2.45, 2.75) is 38.4 Å². The van der Waals surface area contributed by atoms with E-state index < -0.39 is 0 Å². The Morgan fingerprint density at radius 2 is 2.00 bits per heavy atom. The second-order valence-corrected chi connectivity index (χ2v) is 8.51. The topological polar surface area (TPSA) is 0 Å². The Hall–Kier alpha value is 0.780. The van der Waals surface area contributed by atoms with Gasteiger partial charge in [-0.05, 0) is 55.5 Å². The largest absolute Gasteiger partial charge is 0.175 e. The Labute approximate surface area is 95.4 Å². The summed E-state index contributed by atoms with van der Waals surface area (Å²) in [6, 6.07) is 0. The van der Waals surface area contributed by atoms with E-state index in [0.717, 1.165) is 17.8 Å². The van der Waals surface area contributed by atoms with Crippen LogP contribution in [0.3, 0.4) is 0 Å². The van der Waals surface area contributed by atoms with Crippen LogP contribution in [0, 0.1) is 17.8 Å². The van der Waals surface area contributed by atoms with Gasteiger partial charge in [0.05, 0.1) is 0 Å². The molecule has 0 bridgehead atoms. The van der Waals surface area contributed by atoms with Gasteiger partial charge in [0, 0.05) is 5.25 Å². The van der Waals surface area contributed by atoms with Crippen molar-refractivity contribution in [2.24, 2.45) is 17.8 Å². The molecule has 0 N–H and O–H groups in total.